The third-order valence-electron chi connectivity index (χ3n) is 3.91. The lowest BCUT2D eigenvalue weighted by Crippen LogP contribution is -2.22. The molecule has 0 amide bonds. The van der Waals surface area contributed by atoms with Gasteiger partial charge in [0, 0.05) is 21.0 Å². The summed E-state index contributed by atoms with van der Waals surface area (Å²) in [5, 5.41) is 1.67. The van der Waals surface area contributed by atoms with Gasteiger partial charge in [0.2, 0.25) is 0 Å². The summed E-state index contributed by atoms with van der Waals surface area (Å²) in [4.78, 5) is 0. The Morgan fingerprint density at radius 3 is 1.45 bits per heavy atom. The molecule has 0 spiro atoms. The highest BCUT2D eigenvalue weighted by Crippen LogP contribution is 2.28. The third kappa shape index (κ3) is 12.8. The second-order valence-corrected chi connectivity index (χ2v) is 10.0. The summed E-state index contributed by atoms with van der Waals surface area (Å²) < 4.78 is 0. The predicted molar refractivity (Wildman–Crippen MR) is 128 cm³/mol. The van der Waals surface area contributed by atoms with Crippen molar-refractivity contribution >= 4 is 88.4 Å². The van der Waals surface area contributed by atoms with Crippen molar-refractivity contribution in [2.75, 3.05) is 17.3 Å². The summed E-state index contributed by atoms with van der Waals surface area (Å²) in [5.74, 6) is 3.18. The van der Waals surface area contributed by atoms with Gasteiger partial charge in [-0.1, -0.05) is 0 Å². The van der Waals surface area contributed by atoms with Crippen LogP contribution >= 0.6 is 88.4 Å². The molecule has 0 aliphatic heterocycles. The van der Waals surface area contributed by atoms with E-state index in [0.717, 1.165) is 62.2 Å². The first-order valence-corrected chi connectivity index (χ1v) is 12.0. The average molecular weight is 437 g/mol. The van der Waals surface area contributed by atoms with Gasteiger partial charge in [-0.25, -0.2) is 0 Å². The van der Waals surface area contributed by atoms with Crippen LogP contribution in [0, 0.1) is 5.92 Å². The quantitative estimate of drug-likeness (QED) is 0.176. The van der Waals surface area contributed by atoms with Gasteiger partial charge in [-0.3, -0.25) is 0 Å². The fourth-order valence-electron chi connectivity index (χ4n) is 2.39. The summed E-state index contributed by atoms with van der Waals surface area (Å²) in [6, 6.07) is 0. The lowest BCUT2D eigenvalue weighted by Gasteiger charge is -2.25. The molecule has 0 bridgehead atoms. The van der Waals surface area contributed by atoms with Crippen molar-refractivity contribution in [3.05, 3.63) is 0 Å². The monoisotopic (exact) mass is 436 g/mol. The minimum absolute atomic E-state index is 0.381. The van der Waals surface area contributed by atoms with E-state index >= 15 is 0 Å². The Hall–Kier alpha value is 2.45. The first-order valence-electron chi connectivity index (χ1n) is 7.99. The number of rotatable bonds is 14. The van der Waals surface area contributed by atoms with Crippen LogP contribution < -0.4 is 0 Å². The summed E-state index contributed by atoms with van der Waals surface area (Å²) in [6.07, 6.45) is 7.59. The summed E-state index contributed by atoms with van der Waals surface area (Å²) >= 11 is 31.8. The van der Waals surface area contributed by atoms with Crippen LogP contribution in [0.25, 0.3) is 0 Å². The highest BCUT2D eigenvalue weighted by atomic mass is 32.1. The molecular weight excluding hydrogens is 405 g/mol. The van der Waals surface area contributed by atoms with Crippen LogP contribution in [-0.2, 0) is 0 Å². The predicted octanol–water partition coefficient (Wildman–Crippen LogP) is 5.32. The maximum Gasteiger partial charge on any atom is 0.00536 e. The van der Waals surface area contributed by atoms with E-state index in [1.165, 1.54) is 0 Å². The molecule has 0 aliphatic carbocycles. The Kier molecular flexibility index (Phi) is 17.4. The molecule has 0 aromatic heterocycles. The molecule has 0 aromatic rings. The SMILES string of the molecule is SCCC(S)CCC(S)CC(CS)C(S)CCC(S)CCS. The van der Waals surface area contributed by atoms with Crippen LogP contribution in [0.3, 0.4) is 0 Å². The zero-order chi connectivity index (χ0) is 17.0. The molecule has 0 radical (unpaired) electrons. The molecule has 22 heavy (non-hydrogen) atoms. The van der Waals surface area contributed by atoms with Crippen molar-refractivity contribution in [2.24, 2.45) is 5.92 Å². The molecule has 0 aliphatic rings. The van der Waals surface area contributed by atoms with Crippen LogP contribution in [0.2, 0.25) is 0 Å². The fraction of sp³-hybridized carbons (Fsp3) is 1.00. The molecule has 0 aromatic carbocycles. The van der Waals surface area contributed by atoms with E-state index < -0.39 is 0 Å². The van der Waals surface area contributed by atoms with E-state index in [1.807, 2.05) is 0 Å². The number of hydrogen-bond donors (Lipinski definition) is 7. The van der Waals surface area contributed by atoms with Crippen molar-refractivity contribution in [3.63, 3.8) is 0 Å². The number of hydrogen-bond acceptors (Lipinski definition) is 7. The van der Waals surface area contributed by atoms with Gasteiger partial charge in [0.05, 0.1) is 0 Å². The highest BCUT2D eigenvalue weighted by molar-refractivity contribution is 7.82. The van der Waals surface area contributed by atoms with Crippen LogP contribution in [0.1, 0.15) is 44.9 Å². The van der Waals surface area contributed by atoms with Gasteiger partial charge < -0.3 is 0 Å². The number of thiol groups is 7. The molecule has 0 rings (SSSR count). The lowest BCUT2D eigenvalue weighted by molar-refractivity contribution is 0.466. The Bertz CT molecular complexity index is 252. The molecule has 0 nitrogen and oxygen atoms in total. The van der Waals surface area contributed by atoms with Crippen LogP contribution in [-0.4, -0.2) is 38.3 Å². The fourth-order valence-corrected chi connectivity index (χ4v) is 5.34. The minimum Gasteiger partial charge on any atom is -0.179 e. The van der Waals surface area contributed by atoms with E-state index in [9.17, 15) is 0 Å². The van der Waals surface area contributed by atoms with Crippen molar-refractivity contribution in [1.29, 1.82) is 0 Å². The molecule has 134 valence electrons. The molecule has 5 atom stereocenters. The maximum atomic E-state index is 4.80. The molecule has 7 heteroatoms. The van der Waals surface area contributed by atoms with E-state index in [4.69, 9.17) is 25.3 Å². The zero-order valence-corrected chi connectivity index (χ0v) is 19.3. The van der Waals surface area contributed by atoms with E-state index in [2.05, 4.69) is 63.1 Å². The highest BCUT2D eigenvalue weighted by Gasteiger charge is 2.21. The third-order valence-corrected chi connectivity index (χ3v) is 7.07. The normalized spacial score (nSPS) is 18.7. The van der Waals surface area contributed by atoms with Crippen LogP contribution in [0.4, 0.5) is 0 Å². The average Bonchev–Trinajstić information content (AvgIpc) is 2.48. The first kappa shape index (κ1) is 24.5. The van der Waals surface area contributed by atoms with Gasteiger partial charge >= 0.3 is 0 Å². The standard InChI is InChI=1S/C15H32S7/c16-7-5-12(19)1-2-14(21)9-11(10-18)15(22)4-3-13(20)6-8-17/h11-22H,1-10H2. The van der Waals surface area contributed by atoms with Crippen molar-refractivity contribution in [1.82, 2.24) is 0 Å². The Balaban J connectivity index is 4.05. The Labute approximate surface area is 176 Å². The van der Waals surface area contributed by atoms with Gasteiger partial charge in [-0.05, 0) is 68.1 Å². The summed E-state index contributed by atoms with van der Waals surface area (Å²) in [6.45, 7) is 0. The molecule has 5 unspecified atom stereocenters. The van der Waals surface area contributed by atoms with Gasteiger partial charge in [0.1, 0.15) is 0 Å². The van der Waals surface area contributed by atoms with Crippen LogP contribution in [0.15, 0.2) is 0 Å². The van der Waals surface area contributed by atoms with Gasteiger partial charge in [0.25, 0.3) is 0 Å². The lowest BCUT2D eigenvalue weighted by atomic mass is 9.95. The molecule has 0 heterocycles. The largest absolute Gasteiger partial charge is 0.179 e. The van der Waals surface area contributed by atoms with Gasteiger partial charge in [-0.15, -0.1) is 0 Å². The second-order valence-electron chi connectivity index (χ2n) is 5.89. The van der Waals surface area contributed by atoms with Crippen molar-refractivity contribution in [3.8, 4) is 0 Å². The zero-order valence-electron chi connectivity index (χ0n) is 13.1. The Morgan fingerprint density at radius 2 is 1.00 bits per heavy atom. The summed E-state index contributed by atoms with van der Waals surface area (Å²) in [5.41, 5.74) is 0. The minimum atomic E-state index is 0.381. The van der Waals surface area contributed by atoms with Crippen molar-refractivity contribution in [2.45, 2.75) is 65.9 Å². The first-order chi connectivity index (χ1) is 10.4. The van der Waals surface area contributed by atoms with E-state index in [0.29, 0.717) is 26.9 Å². The molecule has 0 fully saturated rings. The van der Waals surface area contributed by atoms with E-state index in [-0.39, 0.29) is 0 Å². The molecule has 0 saturated heterocycles. The maximum absolute atomic E-state index is 4.80. The van der Waals surface area contributed by atoms with E-state index in [1.54, 1.807) is 0 Å². The topological polar surface area (TPSA) is 0 Å². The van der Waals surface area contributed by atoms with Gasteiger partial charge in [-0.2, -0.15) is 88.4 Å². The Morgan fingerprint density at radius 1 is 0.545 bits per heavy atom. The smallest absolute Gasteiger partial charge is 0.00536 e. The molecular formula is C15H32S7. The van der Waals surface area contributed by atoms with Crippen LogP contribution in [0.5, 0.6) is 0 Å². The summed E-state index contributed by atoms with van der Waals surface area (Å²) in [7, 11) is 0. The molecule has 0 saturated carbocycles. The molecule has 0 N–H and O–H groups in total. The second kappa shape index (κ2) is 15.7. The van der Waals surface area contributed by atoms with Crippen molar-refractivity contribution < 1.29 is 0 Å². The van der Waals surface area contributed by atoms with Gasteiger partial charge in [0.15, 0.2) is 0 Å².